The number of hydrogen-bond donors (Lipinski definition) is 3. The van der Waals surface area contributed by atoms with Crippen LogP contribution in [-0.2, 0) is 10.0 Å². The van der Waals surface area contributed by atoms with E-state index in [-0.39, 0.29) is 24.0 Å². The summed E-state index contributed by atoms with van der Waals surface area (Å²) >= 11 is 0. The molecular formula is C16H29IN6O2S. The number of nitrogens with one attached hydrogen (secondary N) is 3. The first-order valence-corrected chi connectivity index (χ1v) is 10.5. The molecule has 1 aromatic rings. The van der Waals surface area contributed by atoms with E-state index in [9.17, 15) is 8.42 Å². The Hall–Kier alpha value is -1.14. The van der Waals surface area contributed by atoms with Gasteiger partial charge in [0.05, 0.1) is 12.8 Å². The summed E-state index contributed by atoms with van der Waals surface area (Å²) in [6.07, 6.45) is 4.97. The number of aliphatic imine (C=N–C) groups is 1. The van der Waals surface area contributed by atoms with Crippen LogP contribution in [0.3, 0.4) is 0 Å². The fourth-order valence-electron chi connectivity index (χ4n) is 2.71. The van der Waals surface area contributed by atoms with Gasteiger partial charge >= 0.3 is 0 Å². The van der Waals surface area contributed by atoms with Crippen LogP contribution in [0.5, 0.6) is 0 Å². The van der Waals surface area contributed by atoms with Crippen molar-refractivity contribution in [2.75, 3.05) is 43.9 Å². The van der Waals surface area contributed by atoms with Crippen LogP contribution in [0, 0.1) is 0 Å². The predicted molar refractivity (Wildman–Crippen MR) is 117 cm³/mol. The number of nitrogens with zero attached hydrogens (tertiary/aromatic N) is 3. The third kappa shape index (κ3) is 8.49. The highest BCUT2D eigenvalue weighted by Gasteiger charge is 2.20. The van der Waals surface area contributed by atoms with Gasteiger partial charge in [-0.15, -0.1) is 24.0 Å². The van der Waals surface area contributed by atoms with Gasteiger partial charge in [-0.3, -0.25) is 4.99 Å². The smallest absolute Gasteiger partial charge is 0.208 e. The topological polar surface area (TPSA) is 98.7 Å². The standard InChI is InChI=1S/C16H28N6O2S.HI/c1-3-17-16(19-10-11-20-25(2,23)24)21-14-7-12-22(13-8-14)15-6-4-5-9-18-15;/h4-6,9,14,20H,3,7-8,10-13H2,1-2H3,(H2,17,19,21);1H. The lowest BCUT2D eigenvalue weighted by Crippen LogP contribution is -2.49. The Morgan fingerprint density at radius 1 is 1.35 bits per heavy atom. The van der Waals surface area contributed by atoms with E-state index in [1.165, 1.54) is 0 Å². The van der Waals surface area contributed by atoms with E-state index in [1.54, 1.807) is 0 Å². The lowest BCUT2D eigenvalue weighted by Gasteiger charge is -2.33. The summed E-state index contributed by atoms with van der Waals surface area (Å²) in [4.78, 5) is 11.1. The van der Waals surface area contributed by atoms with Gasteiger partial charge in [0.15, 0.2) is 5.96 Å². The molecule has 0 unspecified atom stereocenters. The highest BCUT2D eigenvalue weighted by atomic mass is 127. The van der Waals surface area contributed by atoms with E-state index in [1.807, 2.05) is 31.3 Å². The lowest BCUT2D eigenvalue weighted by atomic mass is 10.1. The van der Waals surface area contributed by atoms with Gasteiger partial charge < -0.3 is 15.5 Å². The first kappa shape index (κ1) is 22.9. The molecule has 2 heterocycles. The van der Waals surface area contributed by atoms with Crippen LogP contribution in [0.2, 0.25) is 0 Å². The van der Waals surface area contributed by atoms with Crippen molar-refractivity contribution in [2.24, 2.45) is 4.99 Å². The molecule has 0 atom stereocenters. The molecule has 0 saturated carbocycles. The van der Waals surface area contributed by atoms with E-state index >= 15 is 0 Å². The van der Waals surface area contributed by atoms with E-state index < -0.39 is 10.0 Å². The lowest BCUT2D eigenvalue weighted by molar-refractivity contribution is 0.459. The maximum atomic E-state index is 11.1. The molecule has 0 aliphatic carbocycles. The number of halogens is 1. The second-order valence-corrected chi connectivity index (χ2v) is 7.85. The molecule has 1 saturated heterocycles. The average molecular weight is 496 g/mol. The zero-order chi connectivity index (χ0) is 18.1. The van der Waals surface area contributed by atoms with Crippen LogP contribution in [0.4, 0.5) is 5.82 Å². The van der Waals surface area contributed by atoms with Crippen molar-refractivity contribution in [1.29, 1.82) is 0 Å². The first-order chi connectivity index (χ1) is 12.0. The van der Waals surface area contributed by atoms with Gasteiger partial charge in [-0.1, -0.05) is 6.07 Å². The maximum Gasteiger partial charge on any atom is 0.208 e. The van der Waals surface area contributed by atoms with E-state index in [0.717, 1.165) is 50.5 Å². The van der Waals surface area contributed by atoms with Crippen LogP contribution in [0.25, 0.3) is 0 Å². The van der Waals surface area contributed by atoms with Crippen molar-refractivity contribution in [2.45, 2.75) is 25.8 Å². The zero-order valence-corrected chi connectivity index (χ0v) is 18.5. The minimum atomic E-state index is -3.17. The molecular weight excluding hydrogens is 467 g/mol. The molecule has 0 bridgehead atoms. The van der Waals surface area contributed by atoms with Crippen LogP contribution in [0.15, 0.2) is 29.4 Å². The monoisotopic (exact) mass is 496 g/mol. The molecule has 148 valence electrons. The summed E-state index contributed by atoms with van der Waals surface area (Å²) in [6.45, 7) is 5.36. The third-order valence-corrected chi connectivity index (χ3v) is 4.63. The molecule has 0 amide bonds. The number of anilines is 1. The predicted octanol–water partition coefficient (Wildman–Crippen LogP) is 0.773. The zero-order valence-electron chi connectivity index (χ0n) is 15.3. The number of guanidine groups is 1. The van der Waals surface area contributed by atoms with Crippen molar-refractivity contribution in [3.8, 4) is 0 Å². The number of rotatable bonds is 7. The second kappa shape index (κ2) is 11.5. The van der Waals surface area contributed by atoms with Gasteiger partial charge in [-0.05, 0) is 31.9 Å². The summed E-state index contributed by atoms with van der Waals surface area (Å²) in [5, 5.41) is 6.65. The molecule has 1 fully saturated rings. The molecule has 3 N–H and O–H groups in total. The number of sulfonamides is 1. The third-order valence-electron chi connectivity index (χ3n) is 3.90. The highest BCUT2D eigenvalue weighted by molar-refractivity contribution is 14.0. The van der Waals surface area contributed by atoms with Crippen LogP contribution in [0.1, 0.15) is 19.8 Å². The summed E-state index contributed by atoms with van der Waals surface area (Å²) in [7, 11) is -3.17. The Balaban J connectivity index is 0.00000338. The maximum absolute atomic E-state index is 11.1. The number of hydrogen-bond acceptors (Lipinski definition) is 5. The normalized spacial score (nSPS) is 16.1. The molecule has 0 radical (unpaired) electrons. The summed E-state index contributed by atoms with van der Waals surface area (Å²) in [6, 6.07) is 6.32. The molecule has 2 rings (SSSR count). The van der Waals surface area contributed by atoms with Crippen molar-refractivity contribution in [1.82, 2.24) is 20.3 Å². The highest BCUT2D eigenvalue weighted by Crippen LogP contribution is 2.17. The van der Waals surface area contributed by atoms with Crippen molar-refractivity contribution < 1.29 is 8.42 Å². The molecule has 1 aliphatic heterocycles. The summed E-state index contributed by atoms with van der Waals surface area (Å²) < 4.78 is 24.6. The largest absolute Gasteiger partial charge is 0.357 e. The second-order valence-electron chi connectivity index (χ2n) is 6.02. The van der Waals surface area contributed by atoms with Crippen LogP contribution in [-0.4, -0.2) is 64.4 Å². The van der Waals surface area contributed by atoms with Crippen molar-refractivity contribution >= 4 is 45.8 Å². The van der Waals surface area contributed by atoms with Gasteiger partial charge in [-0.2, -0.15) is 0 Å². The Labute approximate surface area is 173 Å². The van der Waals surface area contributed by atoms with Crippen LogP contribution < -0.4 is 20.3 Å². The van der Waals surface area contributed by atoms with Crippen LogP contribution >= 0.6 is 24.0 Å². The average Bonchev–Trinajstić information content (AvgIpc) is 2.59. The molecule has 0 spiro atoms. The minimum absolute atomic E-state index is 0. The fourth-order valence-corrected chi connectivity index (χ4v) is 3.17. The Morgan fingerprint density at radius 3 is 2.65 bits per heavy atom. The van der Waals surface area contributed by atoms with E-state index in [0.29, 0.717) is 19.1 Å². The molecule has 0 aromatic carbocycles. The molecule has 10 heteroatoms. The Morgan fingerprint density at radius 2 is 2.08 bits per heavy atom. The minimum Gasteiger partial charge on any atom is -0.357 e. The summed E-state index contributed by atoms with van der Waals surface area (Å²) in [5.74, 6) is 1.75. The van der Waals surface area contributed by atoms with Gasteiger partial charge in [-0.25, -0.2) is 18.1 Å². The SMILES string of the molecule is CCNC(=NCCNS(C)(=O)=O)NC1CCN(c2ccccn2)CC1.I. The van der Waals surface area contributed by atoms with E-state index in [2.05, 4.69) is 30.2 Å². The Kier molecular flexibility index (Phi) is 10.2. The number of aromatic nitrogens is 1. The summed E-state index contributed by atoms with van der Waals surface area (Å²) in [5.41, 5.74) is 0. The molecule has 1 aliphatic rings. The number of piperidine rings is 1. The fraction of sp³-hybridized carbons (Fsp3) is 0.625. The van der Waals surface area contributed by atoms with Gasteiger partial charge in [0.2, 0.25) is 10.0 Å². The molecule has 26 heavy (non-hydrogen) atoms. The van der Waals surface area contributed by atoms with Gasteiger partial charge in [0.1, 0.15) is 5.82 Å². The van der Waals surface area contributed by atoms with Crippen molar-refractivity contribution in [3.05, 3.63) is 24.4 Å². The Bertz CT molecular complexity index is 648. The van der Waals surface area contributed by atoms with Gasteiger partial charge in [0.25, 0.3) is 0 Å². The first-order valence-electron chi connectivity index (χ1n) is 8.63. The van der Waals surface area contributed by atoms with Crippen molar-refractivity contribution in [3.63, 3.8) is 0 Å². The number of pyridine rings is 1. The quantitative estimate of drug-likeness (QED) is 0.223. The van der Waals surface area contributed by atoms with Gasteiger partial charge in [0, 0.05) is 38.4 Å². The van der Waals surface area contributed by atoms with E-state index in [4.69, 9.17) is 0 Å². The molecule has 1 aromatic heterocycles. The molecule has 8 nitrogen and oxygen atoms in total.